The first kappa shape index (κ1) is 8.32. The Balaban J connectivity index is 2.89. The van der Waals surface area contributed by atoms with E-state index < -0.39 is 0 Å². The Kier molecular flexibility index (Phi) is 2.70. The van der Waals surface area contributed by atoms with Gasteiger partial charge in [0.1, 0.15) is 0 Å². The van der Waals surface area contributed by atoms with Crippen molar-refractivity contribution in [2.24, 2.45) is 0 Å². The highest BCUT2D eigenvalue weighted by molar-refractivity contribution is 5.47. The van der Waals surface area contributed by atoms with E-state index in [-0.39, 0.29) is 0 Å². The standard InChI is InChI=1S/C11H16/c1-4-10(5-2)11-7-6-9(3)8-11/h6-8H,4-5H2,1-3H3. The molecule has 0 atom stereocenters. The van der Waals surface area contributed by atoms with Crippen molar-refractivity contribution < 1.29 is 0 Å². The summed E-state index contributed by atoms with van der Waals surface area (Å²) in [4.78, 5) is 0. The van der Waals surface area contributed by atoms with Gasteiger partial charge in [0, 0.05) is 0 Å². The molecule has 0 heteroatoms. The third kappa shape index (κ3) is 1.83. The second-order valence-electron chi connectivity index (χ2n) is 2.99. The molecule has 0 heterocycles. The van der Waals surface area contributed by atoms with Crippen LogP contribution in [0, 0.1) is 0 Å². The summed E-state index contributed by atoms with van der Waals surface area (Å²) in [5.41, 5.74) is 4.38. The number of hydrogen-bond donors (Lipinski definition) is 0. The van der Waals surface area contributed by atoms with Crippen LogP contribution >= 0.6 is 0 Å². The van der Waals surface area contributed by atoms with Crippen LogP contribution in [0.1, 0.15) is 33.6 Å². The molecule has 0 saturated carbocycles. The first-order chi connectivity index (χ1) is 5.27. The molecule has 0 N–H and O–H groups in total. The summed E-state index contributed by atoms with van der Waals surface area (Å²) >= 11 is 0. The third-order valence-electron chi connectivity index (χ3n) is 2.17. The van der Waals surface area contributed by atoms with Crippen molar-refractivity contribution in [1.29, 1.82) is 0 Å². The maximum atomic E-state index is 2.27. The van der Waals surface area contributed by atoms with Gasteiger partial charge in [0.2, 0.25) is 0 Å². The molecule has 0 aromatic carbocycles. The van der Waals surface area contributed by atoms with E-state index in [0.717, 1.165) is 0 Å². The zero-order valence-corrected chi connectivity index (χ0v) is 7.65. The van der Waals surface area contributed by atoms with Gasteiger partial charge in [-0.25, -0.2) is 0 Å². The van der Waals surface area contributed by atoms with E-state index in [9.17, 15) is 0 Å². The van der Waals surface area contributed by atoms with Gasteiger partial charge in [-0.2, -0.15) is 0 Å². The van der Waals surface area contributed by atoms with E-state index in [1.807, 2.05) is 0 Å². The molecule has 0 unspecified atom stereocenters. The van der Waals surface area contributed by atoms with Crippen LogP contribution in [-0.2, 0) is 0 Å². The quantitative estimate of drug-likeness (QED) is 0.561. The van der Waals surface area contributed by atoms with Gasteiger partial charge in [0.15, 0.2) is 0 Å². The third-order valence-corrected chi connectivity index (χ3v) is 2.17. The molecule has 0 amide bonds. The molecule has 0 spiro atoms. The molecular formula is C11H16. The van der Waals surface area contributed by atoms with Gasteiger partial charge in [-0.1, -0.05) is 43.2 Å². The first-order valence-corrected chi connectivity index (χ1v) is 4.36. The Morgan fingerprint density at radius 2 is 1.82 bits per heavy atom. The van der Waals surface area contributed by atoms with Crippen molar-refractivity contribution in [2.75, 3.05) is 0 Å². The van der Waals surface area contributed by atoms with E-state index >= 15 is 0 Å². The maximum absolute atomic E-state index is 2.27. The van der Waals surface area contributed by atoms with Crippen LogP contribution in [0.5, 0.6) is 0 Å². The molecule has 60 valence electrons. The van der Waals surface area contributed by atoms with Crippen molar-refractivity contribution in [2.45, 2.75) is 33.6 Å². The summed E-state index contributed by atoms with van der Waals surface area (Å²) in [7, 11) is 0. The summed E-state index contributed by atoms with van der Waals surface area (Å²) in [6.45, 7) is 6.59. The largest absolute Gasteiger partial charge is 0.0635 e. The van der Waals surface area contributed by atoms with Crippen LogP contribution in [-0.4, -0.2) is 0 Å². The summed E-state index contributed by atoms with van der Waals surface area (Å²) < 4.78 is 0. The molecule has 0 saturated heterocycles. The predicted octanol–water partition coefficient (Wildman–Crippen LogP) is 3.62. The Morgan fingerprint density at radius 1 is 1.18 bits per heavy atom. The zero-order valence-electron chi connectivity index (χ0n) is 7.65. The lowest BCUT2D eigenvalue weighted by molar-refractivity contribution is 0.966. The lowest BCUT2D eigenvalue weighted by Gasteiger charge is -2.01. The van der Waals surface area contributed by atoms with Gasteiger partial charge in [-0.3, -0.25) is 0 Å². The SMILES string of the molecule is CCC(CC)=C1C=CC(C)=C1. The molecule has 1 aliphatic rings. The van der Waals surface area contributed by atoms with Crippen molar-refractivity contribution in [3.05, 3.63) is 34.9 Å². The van der Waals surface area contributed by atoms with Gasteiger partial charge in [0.25, 0.3) is 0 Å². The average Bonchev–Trinajstić information content (AvgIpc) is 2.39. The molecule has 0 radical (unpaired) electrons. The summed E-state index contributed by atoms with van der Waals surface area (Å²) in [5, 5.41) is 0. The van der Waals surface area contributed by atoms with Crippen LogP contribution < -0.4 is 0 Å². The normalized spacial score (nSPS) is 15.5. The van der Waals surface area contributed by atoms with Crippen molar-refractivity contribution in [3.63, 3.8) is 0 Å². The zero-order chi connectivity index (χ0) is 8.27. The Labute approximate surface area is 69.3 Å². The second-order valence-corrected chi connectivity index (χ2v) is 2.99. The average molecular weight is 148 g/mol. The van der Waals surface area contributed by atoms with Gasteiger partial charge < -0.3 is 0 Å². The fraction of sp³-hybridized carbons (Fsp3) is 0.455. The van der Waals surface area contributed by atoms with Crippen LogP contribution in [0.2, 0.25) is 0 Å². The van der Waals surface area contributed by atoms with Gasteiger partial charge in [-0.15, -0.1) is 0 Å². The summed E-state index contributed by atoms with van der Waals surface area (Å²) in [6, 6.07) is 0. The molecule has 0 fully saturated rings. The van der Waals surface area contributed by atoms with Crippen molar-refractivity contribution in [3.8, 4) is 0 Å². The second kappa shape index (κ2) is 3.56. The Hall–Kier alpha value is -0.780. The van der Waals surface area contributed by atoms with Crippen LogP contribution in [0.25, 0.3) is 0 Å². The molecule has 0 nitrogen and oxygen atoms in total. The predicted molar refractivity (Wildman–Crippen MR) is 50.5 cm³/mol. The van der Waals surface area contributed by atoms with Crippen LogP contribution in [0.3, 0.4) is 0 Å². The number of hydrogen-bond acceptors (Lipinski definition) is 0. The number of rotatable bonds is 2. The highest BCUT2D eigenvalue weighted by Crippen LogP contribution is 2.21. The molecule has 1 aliphatic carbocycles. The number of allylic oxidation sites excluding steroid dienone is 6. The minimum absolute atomic E-state index is 1.18. The minimum Gasteiger partial charge on any atom is -0.0635 e. The lowest BCUT2D eigenvalue weighted by Crippen LogP contribution is -1.81. The molecule has 0 aromatic heterocycles. The van der Waals surface area contributed by atoms with Crippen LogP contribution in [0.4, 0.5) is 0 Å². The van der Waals surface area contributed by atoms with Crippen LogP contribution in [0.15, 0.2) is 34.9 Å². The summed E-state index contributed by atoms with van der Waals surface area (Å²) in [5.74, 6) is 0. The fourth-order valence-corrected chi connectivity index (χ4v) is 1.44. The highest BCUT2D eigenvalue weighted by Gasteiger charge is 2.01. The minimum atomic E-state index is 1.18. The molecule has 0 bridgehead atoms. The summed E-state index contributed by atoms with van der Waals surface area (Å²) in [6.07, 6.45) is 9.03. The monoisotopic (exact) mass is 148 g/mol. The van der Waals surface area contributed by atoms with Gasteiger partial charge in [-0.05, 0) is 25.3 Å². The fourth-order valence-electron chi connectivity index (χ4n) is 1.44. The van der Waals surface area contributed by atoms with E-state index in [1.54, 1.807) is 5.57 Å². The maximum Gasteiger partial charge on any atom is -0.0262 e. The van der Waals surface area contributed by atoms with Crippen molar-refractivity contribution >= 4 is 0 Å². The first-order valence-electron chi connectivity index (χ1n) is 4.36. The molecular weight excluding hydrogens is 132 g/mol. The Morgan fingerprint density at radius 3 is 2.18 bits per heavy atom. The molecule has 0 aromatic rings. The Bertz CT molecular complexity index is 220. The van der Waals surface area contributed by atoms with E-state index in [2.05, 4.69) is 39.0 Å². The van der Waals surface area contributed by atoms with E-state index in [1.165, 1.54) is 24.0 Å². The van der Waals surface area contributed by atoms with Crippen molar-refractivity contribution in [1.82, 2.24) is 0 Å². The topological polar surface area (TPSA) is 0 Å². The highest BCUT2D eigenvalue weighted by atomic mass is 14.1. The van der Waals surface area contributed by atoms with E-state index in [0.29, 0.717) is 0 Å². The smallest absolute Gasteiger partial charge is 0.0262 e. The molecule has 0 aliphatic heterocycles. The lowest BCUT2D eigenvalue weighted by atomic mass is 10.0. The molecule has 11 heavy (non-hydrogen) atoms. The van der Waals surface area contributed by atoms with Gasteiger partial charge in [0.05, 0.1) is 0 Å². The van der Waals surface area contributed by atoms with E-state index in [4.69, 9.17) is 0 Å². The van der Waals surface area contributed by atoms with Gasteiger partial charge >= 0.3 is 0 Å². The molecule has 1 rings (SSSR count).